The van der Waals surface area contributed by atoms with Gasteiger partial charge in [0.25, 0.3) is 0 Å². The second kappa shape index (κ2) is 4.89. The Bertz CT molecular complexity index is 746. The first-order valence-electron chi connectivity index (χ1n) is 6.29. The van der Waals surface area contributed by atoms with E-state index in [2.05, 4.69) is 5.32 Å². The molecule has 3 N–H and O–H groups in total. The van der Waals surface area contributed by atoms with Crippen molar-refractivity contribution in [1.82, 2.24) is 0 Å². The molecule has 3 rings (SSSR count). The molecule has 108 valence electrons. The fraction of sp³-hybridized carbons (Fsp3) is 0.133. The minimum absolute atomic E-state index is 0.130. The zero-order valence-corrected chi connectivity index (χ0v) is 10.8. The van der Waals surface area contributed by atoms with E-state index in [1.807, 2.05) is 0 Å². The molecular formula is C15H11F3N2O. The third-order valence-corrected chi connectivity index (χ3v) is 3.51. The zero-order chi connectivity index (χ0) is 15.1. The highest BCUT2D eigenvalue weighted by molar-refractivity contribution is 5.99. The largest absolute Gasteiger partial charge is 0.326 e. The predicted octanol–water partition coefficient (Wildman–Crippen LogP) is 2.65. The summed E-state index contributed by atoms with van der Waals surface area (Å²) in [5.74, 6) is -4.22. The average Bonchev–Trinajstić information content (AvgIpc) is 2.83. The molecule has 1 unspecified atom stereocenters. The lowest BCUT2D eigenvalue weighted by Crippen LogP contribution is -2.15. The number of carbonyl (C=O) groups is 1. The van der Waals surface area contributed by atoms with Crippen molar-refractivity contribution in [3.8, 4) is 0 Å². The number of halogens is 3. The van der Waals surface area contributed by atoms with Gasteiger partial charge in [-0.05, 0) is 23.3 Å². The third-order valence-electron chi connectivity index (χ3n) is 3.51. The van der Waals surface area contributed by atoms with Crippen LogP contribution >= 0.6 is 0 Å². The molecule has 6 heteroatoms. The Hall–Kier alpha value is -2.34. The molecule has 0 saturated carbocycles. The summed E-state index contributed by atoms with van der Waals surface area (Å²) in [6.45, 7) is 0. The van der Waals surface area contributed by atoms with E-state index in [0.29, 0.717) is 11.3 Å². The van der Waals surface area contributed by atoms with Gasteiger partial charge in [0.1, 0.15) is 0 Å². The lowest BCUT2D eigenvalue weighted by Gasteiger charge is -2.15. The van der Waals surface area contributed by atoms with Crippen molar-refractivity contribution >= 4 is 11.6 Å². The topological polar surface area (TPSA) is 55.1 Å². The fourth-order valence-electron chi connectivity index (χ4n) is 2.40. The van der Waals surface area contributed by atoms with E-state index in [9.17, 15) is 18.0 Å². The second-order valence-electron chi connectivity index (χ2n) is 4.88. The number of nitrogens with one attached hydrogen (secondary N) is 1. The molecule has 1 aliphatic rings. The van der Waals surface area contributed by atoms with Crippen LogP contribution in [0.4, 0.5) is 18.9 Å². The first-order chi connectivity index (χ1) is 9.97. The van der Waals surface area contributed by atoms with Crippen LogP contribution in [0.3, 0.4) is 0 Å². The maximum absolute atomic E-state index is 13.8. The van der Waals surface area contributed by atoms with E-state index in [4.69, 9.17) is 5.73 Å². The Morgan fingerprint density at radius 3 is 2.62 bits per heavy atom. The lowest BCUT2D eigenvalue weighted by atomic mass is 9.96. The van der Waals surface area contributed by atoms with Crippen molar-refractivity contribution in [3.05, 3.63) is 64.5 Å². The van der Waals surface area contributed by atoms with Gasteiger partial charge in [0, 0.05) is 11.3 Å². The molecule has 1 aliphatic heterocycles. The van der Waals surface area contributed by atoms with Gasteiger partial charge in [-0.2, -0.15) is 0 Å². The van der Waals surface area contributed by atoms with Crippen LogP contribution in [0.5, 0.6) is 0 Å². The summed E-state index contributed by atoms with van der Waals surface area (Å²) in [5.41, 5.74) is 7.75. The number of hydrogen-bond donors (Lipinski definition) is 2. The Morgan fingerprint density at radius 1 is 1.10 bits per heavy atom. The van der Waals surface area contributed by atoms with Crippen LogP contribution in [0.2, 0.25) is 0 Å². The highest BCUT2D eigenvalue weighted by Crippen LogP contribution is 2.30. The molecule has 1 atom stereocenters. The summed E-state index contributed by atoms with van der Waals surface area (Å²) >= 11 is 0. The molecule has 3 nitrogen and oxygen atoms in total. The van der Waals surface area contributed by atoms with E-state index in [0.717, 1.165) is 17.7 Å². The van der Waals surface area contributed by atoms with Crippen molar-refractivity contribution in [2.24, 2.45) is 5.73 Å². The van der Waals surface area contributed by atoms with Gasteiger partial charge in [-0.1, -0.05) is 18.2 Å². The summed E-state index contributed by atoms with van der Waals surface area (Å²) in [6, 6.07) is 5.96. The molecule has 2 aromatic rings. The summed E-state index contributed by atoms with van der Waals surface area (Å²) in [6.07, 6.45) is 0.218. The molecule has 0 fully saturated rings. The van der Waals surface area contributed by atoms with Crippen LogP contribution in [-0.4, -0.2) is 5.91 Å². The molecule has 0 radical (unpaired) electrons. The van der Waals surface area contributed by atoms with E-state index >= 15 is 0 Å². The number of benzene rings is 2. The van der Waals surface area contributed by atoms with E-state index < -0.39 is 23.5 Å². The number of fused-ring (bicyclic) bond motifs is 1. The number of rotatable bonds is 2. The standard InChI is InChI=1S/C15H11F3N2O/c16-10-3-2-9(13(17)14(10)18)15(19)7-1-4-11-8(5-7)6-12(21)20-11/h1-5,15H,6,19H2,(H,20,21). The van der Waals surface area contributed by atoms with Crippen LogP contribution in [-0.2, 0) is 11.2 Å². The summed E-state index contributed by atoms with van der Waals surface area (Å²) in [4.78, 5) is 11.3. The molecule has 0 bridgehead atoms. The summed E-state index contributed by atoms with van der Waals surface area (Å²) < 4.78 is 40.0. The highest BCUT2D eigenvalue weighted by atomic mass is 19.2. The Balaban J connectivity index is 2.00. The van der Waals surface area contributed by atoms with Crippen LogP contribution < -0.4 is 11.1 Å². The van der Waals surface area contributed by atoms with Gasteiger partial charge < -0.3 is 11.1 Å². The molecule has 2 aromatic carbocycles. The number of hydrogen-bond acceptors (Lipinski definition) is 2. The van der Waals surface area contributed by atoms with Crippen LogP contribution in [0.1, 0.15) is 22.7 Å². The zero-order valence-electron chi connectivity index (χ0n) is 10.8. The lowest BCUT2D eigenvalue weighted by molar-refractivity contribution is -0.115. The Kier molecular flexibility index (Phi) is 3.17. The molecular weight excluding hydrogens is 281 g/mol. The quantitative estimate of drug-likeness (QED) is 0.836. The van der Waals surface area contributed by atoms with Crippen molar-refractivity contribution in [2.45, 2.75) is 12.5 Å². The predicted molar refractivity (Wildman–Crippen MR) is 71.1 cm³/mol. The normalized spacial score (nSPS) is 14.8. The van der Waals surface area contributed by atoms with Crippen molar-refractivity contribution in [3.63, 3.8) is 0 Å². The average molecular weight is 292 g/mol. The van der Waals surface area contributed by atoms with Crippen molar-refractivity contribution < 1.29 is 18.0 Å². The SMILES string of the molecule is NC(c1ccc2c(c1)CC(=O)N2)c1ccc(F)c(F)c1F. The van der Waals surface area contributed by atoms with Gasteiger partial charge in [0.15, 0.2) is 17.5 Å². The number of anilines is 1. The van der Waals surface area contributed by atoms with Crippen LogP contribution in [0.15, 0.2) is 30.3 Å². The van der Waals surface area contributed by atoms with Crippen molar-refractivity contribution in [1.29, 1.82) is 0 Å². The van der Waals surface area contributed by atoms with Gasteiger partial charge in [-0.3, -0.25) is 4.79 Å². The monoisotopic (exact) mass is 292 g/mol. The molecule has 0 saturated heterocycles. The molecule has 21 heavy (non-hydrogen) atoms. The maximum atomic E-state index is 13.8. The smallest absolute Gasteiger partial charge is 0.228 e. The van der Waals surface area contributed by atoms with Gasteiger partial charge in [0.05, 0.1) is 12.5 Å². The Labute approximate surface area is 118 Å². The van der Waals surface area contributed by atoms with E-state index in [1.54, 1.807) is 18.2 Å². The van der Waals surface area contributed by atoms with Gasteiger partial charge >= 0.3 is 0 Å². The first kappa shape index (κ1) is 13.6. The highest BCUT2D eigenvalue weighted by Gasteiger charge is 2.22. The minimum atomic E-state index is -1.54. The summed E-state index contributed by atoms with van der Waals surface area (Å²) in [5, 5.41) is 2.67. The second-order valence-corrected chi connectivity index (χ2v) is 4.88. The molecule has 0 aromatic heterocycles. The van der Waals surface area contributed by atoms with E-state index in [-0.39, 0.29) is 17.9 Å². The third kappa shape index (κ3) is 2.27. The van der Waals surface area contributed by atoms with Crippen LogP contribution in [0.25, 0.3) is 0 Å². The molecule has 0 spiro atoms. The fourth-order valence-corrected chi connectivity index (χ4v) is 2.40. The summed E-state index contributed by atoms with van der Waals surface area (Å²) in [7, 11) is 0. The van der Waals surface area contributed by atoms with E-state index in [1.165, 1.54) is 0 Å². The minimum Gasteiger partial charge on any atom is -0.326 e. The molecule has 0 aliphatic carbocycles. The van der Waals surface area contributed by atoms with Gasteiger partial charge in [-0.15, -0.1) is 0 Å². The van der Waals surface area contributed by atoms with Gasteiger partial charge in [0.2, 0.25) is 5.91 Å². The van der Waals surface area contributed by atoms with Crippen molar-refractivity contribution in [2.75, 3.05) is 5.32 Å². The maximum Gasteiger partial charge on any atom is 0.228 e. The van der Waals surface area contributed by atoms with Gasteiger partial charge in [-0.25, -0.2) is 13.2 Å². The Morgan fingerprint density at radius 2 is 1.86 bits per heavy atom. The van der Waals surface area contributed by atoms with Crippen LogP contribution in [0, 0.1) is 17.5 Å². The molecule has 1 amide bonds. The number of amides is 1. The number of carbonyl (C=O) groups excluding carboxylic acids is 1. The molecule has 1 heterocycles. The first-order valence-corrected chi connectivity index (χ1v) is 6.29. The number of nitrogens with two attached hydrogens (primary N) is 1.